The fourth-order valence-electron chi connectivity index (χ4n) is 2.55. The van der Waals surface area contributed by atoms with Crippen molar-refractivity contribution in [2.75, 3.05) is 13.7 Å². The molecule has 1 fully saturated rings. The molecule has 0 aromatic heterocycles. The van der Waals surface area contributed by atoms with Gasteiger partial charge < -0.3 is 19.9 Å². The van der Waals surface area contributed by atoms with Crippen LogP contribution in [0.25, 0.3) is 6.08 Å². The lowest BCUT2D eigenvalue weighted by Crippen LogP contribution is -2.19. The van der Waals surface area contributed by atoms with Crippen molar-refractivity contribution in [2.24, 2.45) is 4.99 Å². The summed E-state index contributed by atoms with van der Waals surface area (Å²) in [6.45, 7) is 0.0566. The van der Waals surface area contributed by atoms with Crippen LogP contribution in [0.15, 0.2) is 58.4 Å². The van der Waals surface area contributed by atoms with E-state index in [1.54, 1.807) is 54.6 Å². The first kappa shape index (κ1) is 21.1. The van der Waals surface area contributed by atoms with Gasteiger partial charge in [-0.05, 0) is 47.7 Å². The van der Waals surface area contributed by atoms with Gasteiger partial charge in [0.05, 0.1) is 36.3 Å². The number of amidine groups is 1. The summed E-state index contributed by atoms with van der Waals surface area (Å²) in [6.07, 6.45) is 1.58. The molecule has 1 saturated heterocycles. The number of nitrogens with zero attached hydrogens (tertiary/aromatic N) is 1. The summed E-state index contributed by atoms with van der Waals surface area (Å²) in [5.74, 6) is -1.26. The SMILES string of the molecule is COC(=O)c1ccccc1N=C1NC(=O)/C(=C\c2cccc(OCCC(=O)O)c2)S1. The van der Waals surface area contributed by atoms with Crippen LogP contribution < -0.4 is 10.1 Å². The maximum Gasteiger partial charge on any atom is 0.340 e. The zero-order chi connectivity index (χ0) is 21.5. The normalized spacial score (nSPS) is 15.8. The monoisotopic (exact) mass is 426 g/mol. The molecule has 9 heteroatoms. The molecule has 30 heavy (non-hydrogen) atoms. The van der Waals surface area contributed by atoms with Crippen LogP contribution in [0.3, 0.4) is 0 Å². The highest BCUT2D eigenvalue weighted by Crippen LogP contribution is 2.30. The summed E-state index contributed by atoms with van der Waals surface area (Å²) in [5, 5.41) is 11.7. The van der Waals surface area contributed by atoms with Crippen molar-refractivity contribution >= 4 is 46.5 Å². The Balaban J connectivity index is 1.76. The first-order valence-corrected chi connectivity index (χ1v) is 9.69. The van der Waals surface area contributed by atoms with Gasteiger partial charge in [0.2, 0.25) is 0 Å². The topological polar surface area (TPSA) is 114 Å². The van der Waals surface area contributed by atoms with Crippen LogP contribution in [-0.2, 0) is 14.3 Å². The van der Waals surface area contributed by atoms with Crippen LogP contribution in [0.2, 0.25) is 0 Å². The van der Waals surface area contributed by atoms with Crippen molar-refractivity contribution in [1.82, 2.24) is 5.32 Å². The van der Waals surface area contributed by atoms with Gasteiger partial charge in [-0.25, -0.2) is 9.79 Å². The Morgan fingerprint density at radius 1 is 1.20 bits per heavy atom. The van der Waals surface area contributed by atoms with E-state index < -0.39 is 11.9 Å². The van der Waals surface area contributed by atoms with E-state index >= 15 is 0 Å². The lowest BCUT2D eigenvalue weighted by molar-refractivity contribution is -0.137. The van der Waals surface area contributed by atoms with Crippen molar-refractivity contribution < 1.29 is 29.0 Å². The number of para-hydroxylation sites is 1. The Morgan fingerprint density at radius 2 is 2.00 bits per heavy atom. The Hall–Kier alpha value is -3.59. The lowest BCUT2D eigenvalue weighted by atomic mass is 10.2. The Labute approximate surface area is 176 Å². The number of methoxy groups -OCH3 is 1. The number of benzene rings is 2. The molecule has 0 aliphatic carbocycles. The molecule has 8 nitrogen and oxygen atoms in total. The summed E-state index contributed by atoms with van der Waals surface area (Å²) >= 11 is 1.14. The average molecular weight is 426 g/mol. The summed E-state index contributed by atoms with van der Waals surface area (Å²) in [5.41, 5.74) is 1.41. The third kappa shape index (κ3) is 5.48. The quantitative estimate of drug-likeness (QED) is 0.516. The highest BCUT2D eigenvalue weighted by atomic mass is 32.2. The molecule has 2 aromatic carbocycles. The van der Waals surface area contributed by atoms with Gasteiger partial charge in [-0.3, -0.25) is 9.59 Å². The van der Waals surface area contributed by atoms with Crippen LogP contribution in [0, 0.1) is 0 Å². The second-order valence-corrected chi connectivity index (χ2v) is 7.09. The van der Waals surface area contributed by atoms with E-state index in [1.165, 1.54) is 7.11 Å². The number of nitrogens with one attached hydrogen (secondary N) is 1. The zero-order valence-corrected chi connectivity index (χ0v) is 16.8. The number of hydrogen-bond donors (Lipinski definition) is 2. The predicted octanol–water partition coefficient (Wildman–Crippen LogP) is 3.22. The van der Waals surface area contributed by atoms with Gasteiger partial charge in [0, 0.05) is 0 Å². The molecule has 0 unspecified atom stereocenters. The number of aliphatic carboxylic acids is 1. The van der Waals surface area contributed by atoms with E-state index in [0.29, 0.717) is 27.1 Å². The van der Waals surface area contributed by atoms with Gasteiger partial charge in [0.1, 0.15) is 5.75 Å². The van der Waals surface area contributed by atoms with Crippen LogP contribution >= 0.6 is 11.8 Å². The summed E-state index contributed by atoms with van der Waals surface area (Å²) in [6, 6.07) is 13.7. The van der Waals surface area contributed by atoms with Gasteiger partial charge in [-0.15, -0.1) is 0 Å². The molecule has 0 bridgehead atoms. The third-order valence-corrected chi connectivity index (χ3v) is 4.83. The minimum Gasteiger partial charge on any atom is -0.493 e. The second-order valence-electron chi connectivity index (χ2n) is 6.06. The van der Waals surface area contributed by atoms with Crippen LogP contribution in [0.5, 0.6) is 5.75 Å². The number of carbonyl (C=O) groups is 3. The summed E-state index contributed by atoms with van der Waals surface area (Å²) in [7, 11) is 1.29. The number of hydrogen-bond acceptors (Lipinski definition) is 7. The minimum absolute atomic E-state index is 0.0566. The van der Waals surface area contributed by atoms with Crippen molar-refractivity contribution in [3.8, 4) is 5.75 Å². The molecule has 1 heterocycles. The van der Waals surface area contributed by atoms with Crippen LogP contribution in [-0.4, -0.2) is 41.8 Å². The van der Waals surface area contributed by atoms with Crippen molar-refractivity contribution in [2.45, 2.75) is 6.42 Å². The number of carboxylic acids is 1. The molecule has 0 radical (unpaired) electrons. The number of esters is 1. The number of carbonyl (C=O) groups excluding carboxylic acids is 2. The lowest BCUT2D eigenvalue weighted by Gasteiger charge is -2.05. The van der Waals surface area contributed by atoms with Crippen molar-refractivity contribution in [1.29, 1.82) is 0 Å². The van der Waals surface area contributed by atoms with E-state index in [0.717, 1.165) is 17.3 Å². The van der Waals surface area contributed by atoms with Crippen molar-refractivity contribution in [3.05, 3.63) is 64.6 Å². The first-order chi connectivity index (χ1) is 14.5. The van der Waals surface area contributed by atoms with Crippen molar-refractivity contribution in [3.63, 3.8) is 0 Å². The highest BCUT2D eigenvalue weighted by Gasteiger charge is 2.24. The number of carboxylic acid groups (broad SMARTS) is 1. The fraction of sp³-hybridized carbons (Fsp3) is 0.143. The minimum atomic E-state index is -0.937. The van der Waals surface area contributed by atoms with E-state index in [9.17, 15) is 14.4 Å². The van der Waals surface area contributed by atoms with Crippen LogP contribution in [0.1, 0.15) is 22.3 Å². The van der Waals surface area contributed by atoms with Gasteiger partial charge in [0.15, 0.2) is 5.17 Å². The molecule has 0 spiro atoms. The smallest absolute Gasteiger partial charge is 0.340 e. The van der Waals surface area contributed by atoms with Gasteiger partial charge in [-0.2, -0.15) is 0 Å². The standard InChI is InChI=1S/C21H18N2O6S/c1-28-20(27)15-7-2-3-8-16(15)22-21-23-19(26)17(30-21)12-13-5-4-6-14(11-13)29-10-9-18(24)25/h2-8,11-12H,9-10H2,1H3,(H,24,25)(H,22,23,26)/b17-12+. The maximum atomic E-state index is 12.3. The molecule has 2 aromatic rings. The number of amides is 1. The summed E-state index contributed by atoms with van der Waals surface area (Å²) in [4.78, 5) is 39.6. The van der Waals surface area contributed by atoms with E-state index in [1.807, 2.05) is 0 Å². The molecule has 1 amide bonds. The molecule has 3 rings (SSSR count). The molecule has 0 atom stereocenters. The molecule has 1 aliphatic heterocycles. The van der Waals surface area contributed by atoms with E-state index in [4.69, 9.17) is 14.6 Å². The largest absolute Gasteiger partial charge is 0.493 e. The molecule has 1 aliphatic rings. The highest BCUT2D eigenvalue weighted by molar-refractivity contribution is 8.18. The number of ether oxygens (including phenoxy) is 2. The van der Waals surface area contributed by atoms with Gasteiger partial charge in [0.25, 0.3) is 5.91 Å². The zero-order valence-electron chi connectivity index (χ0n) is 16.0. The molecular formula is C21H18N2O6S. The Bertz CT molecular complexity index is 1050. The number of aliphatic imine (C=N–C) groups is 1. The first-order valence-electron chi connectivity index (χ1n) is 8.88. The average Bonchev–Trinajstić information content (AvgIpc) is 3.06. The maximum absolute atomic E-state index is 12.3. The number of rotatable bonds is 7. The van der Waals surface area contributed by atoms with Gasteiger partial charge >= 0.3 is 11.9 Å². The molecule has 0 saturated carbocycles. The van der Waals surface area contributed by atoms with Crippen LogP contribution in [0.4, 0.5) is 5.69 Å². The number of thioether (sulfide) groups is 1. The Morgan fingerprint density at radius 3 is 2.77 bits per heavy atom. The summed E-state index contributed by atoms with van der Waals surface area (Å²) < 4.78 is 10.2. The van der Waals surface area contributed by atoms with E-state index in [-0.39, 0.29) is 18.9 Å². The predicted molar refractivity (Wildman–Crippen MR) is 113 cm³/mol. The second kappa shape index (κ2) is 9.75. The molecule has 2 N–H and O–H groups in total. The van der Waals surface area contributed by atoms with E-state index in [2.05, 4.69) is 10.3 Å². The fourth-order valence-corrected chi connectivity index (χ4v) is 3.38. The van der Waals surface area contributed by atoms with Gasteiger partial charge in [-0.1, -0.05) is 24.3 Å². The third-order valence-electron chi connectivity index (χ3n) is 3.92. The Kier molecular flexibility index (Phi) is 6.87. The molecular weight excluding hydrogens is 408 g/mol. The molecule has 154 valence electrons.